The molecule has 2 aliphatic rings. The average molecular weight is 590 g/mol. The van der Waals surface area contributed by atoms with Crippen LogP contribution in [0.15, 0.2) is 58.4 Å². The Kier molecular flexibility index (Phi) is 6.45. The van der Waals surface area contributed by atoms with E-state index in [1.54, 1.807) is 17.0 Å². The molecule has 0 fully saturated rings. The molecule has 2 atom stereocenters. The molecule has 1 N–H and O–H groups in total. The lowest BCUT2D eigenvalue weighted by atomic mass is 9.90. The number of nitrogens with zero attached hydrogens (tertiary/aromatic N) is 2. The van der Waals surface area contributed by atoms with Crippen LogP contribution in [0.25, 0.3) is 11.1 Å². The molecule has 1 aromatic carbocycles. The zero-order valence-corrected chi connectivity index (χ0v) is 20.2. The molecule has 6 nitrogen and oxygen atoms in total. The SMILES string of the molecule is CC1C(C(=O)N2CCOc3ncc(-c4ccc(OC(F)(F)F)cc4)cc32)=CC(Br)=C(O)C1Br. The van der Waals surface area contributed by atoms with Gasteiger partial charge >= 0.3 is 6.36 Å². The van der Waals surface area contributed by atoms with E-state index in [1.165, 1.54) is 30.5 Å². The highest BCUT2D eigenvalue weighted by molar-refractivity contribution is 9.12. The lowest BCUT2D eigenvalue weighted by molar-refractivity contribution is -0.274. The van der Waals surface area contributed by atoms with Gasteiger partial charge in [0.15, 0.2) is 0 Å². The molecule has 0 spiro atoms. The van der Waals surface area contributed by atoms with Crippen LogP contribution in [0.4, 0.5) is 18.9 Å². The van der Waals surface area contributed by atoms with Gasteiger partial charge in [-0.25, -0.2) is 4.98 Å². The van der Waals surface area contributed by atoms with Gasteiger partial charge < -0.3 is 19.5 Å². The first-order valence-electron chi connectivity index (χ1n) is 9.80. The summed E-state index contributed by atoms with van der Waals surface area (Å²) in [7, 11) is 0. The van der Waals surface area contributed by atoms with Crippen molar-refractivity contribution in [3.63, 3.8) is 0 Å². The number of anilines is 1. The molecule has 2 aromatic rings. The molecule has 2 heterocycles. The number of amides is 1. The number of fused-ring (bicyclic) bond motifs is 1. The van der Waals surface area contributed by atoms with Crippen molar-refractivity contribution in [3.8, 4) is 22.8 Å². The van der Waals surface area contributed by atoms with E-state index in [-0.39, 0.29) is 35.8 Å². The van der Waals surface area contributed by atoms with Crippen molar-refractivity contribution in [2.45, 2.75) is 18.1 Å². The van der Waals surface area contributed by atoms with E-state index in [0.29, 0.717) is 33.4 Å². The average Bonchev–Trinajstić information content (AvgIpc) is 2.78. The van der Waals surface area contributed by atoms with E-state index in [0.717, 1.165) is 0 Å². The van der Waals surface area contributed by atoms with Crippen LogP contribution in [0, 0.1) is 5.92 Å². The number of ether oxygens (including phenoxy) is 2. The molecule has 11 heteroatoms. The second-order valence-electron chi connectivity index (χ2n) is 7.45. The van der Waals surface area contributed by atoms with Gasteiger partial charge in [0.25, 0.3) is 5.91 Å². The monoisotopic (exact) mass is 588 g/mol. The molecule has 1 aromatic heterocycles. The van der Waals surface area contributed by atoms with Crippen molar-refractivity contribution in [2.24, 2.45) is 5.92 Å². The smallest absolute Gasteiger partial charge is 0.510 e. The molecular weight excluding hydrogens is 573 g/mol. The fourth-order valence-electron chi connectivity index (χ4n) is 3.60. The van der Waals surface area contributed by atoms with Gasteiger partial charge in [0.1, 0.15) is 23.8 Å². The van der Waals surface area contributed by atoms with E-state index in [2.05, 4.69) is 41.6 Å². The van der Waals surface area contributed by atoms with Crippen LogP contribution in [-0.4, -0.2) is 40.3 Å². The molecule has 33 heavy (non-hydrogen) atoms. The number of benzene rings is 1. The Labute approximate surface area is 204 Å². The van der Waals surface area contributed by atoms with Crippen LogP contribution in [0.3, 0.4) is 0 Å². The minimum absolute atomic E-state index is 0.114. The zero-order valence-electron chi connectivity index (χ0n) is 17.1. The predicted molar refractivity (Wildman–Crippen MR) is 123 cm³/mol. The minimum Gasteiger partial charge on any atom is -0.510 e. The van der Waals surface area contributed by atoms with E-state index < -0.39 is 11.2 Å². The van der Waals surface area contributed by atoms with Crippen LogP contribution in [0.2, 0.25) is 0 Å². The summed E-state index contributed by atoms with van der Waals surface area (Å²) in [6, 6.07) is 7.09. The van der Waals surface area contributed by atoms with Gasteiger partial charge in [0.05, 0.1) is 15.9 Å². The van der Waals surface area contributed by atoms with E-state index >= 15 is 0 Å². The maximum absolute atomic E-state index is 13.5. The highest BCUT2D eigenvalue weighted by Crippen LogP contribution is 2.39. The number of halogens is 5. The molecule has 1 amide bonds. The molecule has 2 unspecified atom stereocenters. The summed E-state index contributed by atoms with van der Waals surface area (Å²) in [5, 5.41) is 10.1. The Morgan fingerprint density at radius 3 is 2.64 bits per heavy atom. The van der Waals surface area contributed by atoms with Crippen molar-refractivity contribution >= 4 is 43.5 Å². The normalized spacial score (nSPS) is 20.7. The Hall–Kier alpha value is -2.53. The van der Waals surface area contributed by atoms with Crippen molar-refractivity contribution in [1.29, 1.82) is 0 Å². The third kappa shape index (κ3) is 4.89. The summed E-state index contributed by atoms with van der Waals surface area (Å²) in [5.41, 5.74) is 2.14. The van der Waals surface area contributed by atoms with Crippen molar-refractivity contribution < 1.29 is 32.5 Å². The second-order valence-corrected chi connectivity index (χ2v) is 9.29. The number of carbonyl (C=O) groups excluding carboxylic acids is 1. The number of aromatic nitrogens is 1. The third-order valence-electron chi connectivity index (χ3n) is 5.31. The van der Waals surface area contributed by atoms with Crippen molar-refractivity contribution in [1.82, 2.24) is 4.98 Å². The number of aliphatic hydroxyl groups excluding tert-OH is 1. The molecular formula is C22H17Br2F3N2O4. The third-order valence-corrected chi connectivity index (χ3v) is 7.17. The molecule has 0 saturated heterocycles. The van der Waals surface area contributed by atoms with E-state index in [1.807, 2.05) is 6.92 Å². The first-order chi connectivity index (χ1) is 15.5. The largest absolute Gasteiger partial charge is 0.573 e. The number of allylic oxidation sites excluding steroid dienone is 3. The fraction of sp³-hybridized carbons (Fsp3) is 0.273. The van der Waals surface area contributed by atoms with Crippen molar-refractivity contribution in [2.75, 3.05) is 18.1 Å². The Morgan fingerprint density at radius 2 is 1.97 bits per heavy atom. The van der Waals surface area contributed by atoms with Crippen LogP contribution in [-0.2, 0) is 4.79 Å². The summed E-state index contributed by atoms with van der Waals surface area (Å²) in [6.45, 7) is 2.38. The van der Waals surface area contributed by atoms with E-state index in [4.69, 9.17) is 4.74 Å². The van der Waals surface area contributed by atoms with Gasteiger partial charge in [-0.2, -0.15) is 0 Å². The fourth-order valence-corrected chi connectivity index (χ4v) is 4.93. The number of alkyl halides is 4. The van der Waals surface area contributed by atoms with Crippen molar-refractivity contribution in [3.05, 3.63) is 58.4 Å². The van der Waals surface area contributed by atoms with Gasteiger partial charge in [-0.05, 0) is 45.8 Å². The van der Waals surface area contributed by atoms with Gasteiger partial charge in [-0.3, -0.25) is 4.79 Å². The van der Waals surface area contributed by atoms with Gasteiger partial charge in [-0.15, -0.1) is 13.2 Å². The topological polar surface area (TPSA) is 71.9 Å². The van der Waals surface area contributed by atoms with Gasteiger partial charge in [0, 0.05) is 23.3 Å². The summed E-state index contributed by atoms with van der Waals surface area (Å²) in [6.07, 6.45) is -1.64. The molecule has 0 saturated carbocycles. The van der Waals surface area contributed by atoms with Gasteiger partial charge in [0.2, 0.25) is 5.88 Å². The molecule has 4 rings (SSSR count). The van der Waals surface area contributed by atoms with Gasteiger partial charge in [-0.1, -0.05) is 35.0 Å². The molecule has 174 valence electrons. The maximum Gasteiger partial charge on any atom is 0.573 e. The first kappa shape index (κ1) is 23.6. The number of pyridine rings is 1. The maximum atomic E-state index is 13.5. The summed E-state index contributed by atoms with van der Waals surface area (Å²) in [5.74, 6) is -0.478. The minimum atomic E-state index is -4.77. The number of rotatable bonds is 3. The molecule has 1 aliphatic heterocycles. The second kappa shape index (κ2) is 9.02. The summed E-state index contributed by atoms with van der Waals surface area (Å²) < 4.78 is 47.2. The Balaban J connectivity index is 1.65. The van der Waals surface area contributed by atoms with Crippen LogP contribution >= 0.6 is 31.9 Å². The summed E-state index contributed by atoms with van der Waals surface area (Å²) >= 11 is 6.71. The lowest BCUT2D eigenvalue weighted by Crippen LogP contribution is -2.41. The first-order valence-corrected chi connectivity index (χ1v) is 11.5. The Bertz CT molecular complexity index is 1150. The number of carbonyl (C=O) groups is 1. The molecule has 0 bridgehead atoms. The van der Waals surface area contributed by atoms with Crippen LogP contribution in [0.1, 0.15) is 6.92 Å². The number of hydrogen-bond acceptors (Lipinski definition) is 5. The number of aliphatic hydroxyl groups is 1. The quantitative estimate of drug-likeness (QED) is 0.453. The highest BCUT2D eigenvalue weighted by atomic mass is 79.9. The zero-order chi connectivity index (χ0) is 23.9. The Morgan fingerprint density at radius 1 is 1.27 bits per heavy atom. The number of hydrogen-bond donors (Lipinski definition) is 1. The molecule has 1 aliphatic carbocycles. The molecule has 0 radical (unpaired) electrons. The highest BCUT2D eigenvalue weighted by Gasteiger charge is 2.36. The lowest BCUT2D eigenvalue weighted by Gasteiger charge is -2.33. The standard InChI is InChI=1S/C22H17Br2F3N2O4/c1-11-15(9-16(23)19(30)18(11)24)21(31)29-6-7-32-20-17(29)8-13(10-28-20)12-2-4-14(5-3-12)33-22(25,26)27/h2-5,8-11,18,30H,6-7H2,1H3. The van der Waals surface area contributed by atoms with Crippen LogP contribution < -0.4 is 14.4 Å². The van der Waals surface area contributed by atoms with E-state index in [9.17, 15) is 23.1 Å². The summed E-state index contributed by atoms with van der Waals surface area (Å²) in [4.78, 5) is 18.9. The predicted octanol–water partition coefficient (Wildman–Crippen LogP) is 5.88. The van der Waals surface area contributed by atoms with Crippen LogP contribution in [0.5, 0.6) is 11.6 Å².